The Morgan fingerprint density at radius 1 is 1.38 bits per heavy atom. The maximum Gasteiger partial charge on any atom is 0.411 e. The van der Waals surface area contributed by atoms with Gasteiger partial charge in [-0.1, -0.05) is 0 Å². The van der Waals surface area contributed by atoms with E-state index in [0.29, 0.717) is 12.1 Å². The molecule has 1 aliphatic rings. The van der Waals surface area contributed by atoms with E-state index in [1.807, 2.05) is 0 Å². The molecule has 1 amide bonds. The summed E-state index contributed by atoms with van der Waals surface area (Å²) in [6.07, 6.45) is -5.29. The summed E-state index contributed by atoms with van der Waals surface area (Å²) in [7, 11) is 0. The summed E-state index contributed by atoms with van der Waals surface area (Å²) in [6.45, 7) is 0. The first-order valence-electron chi connectivity index (χ1n) is 5.70. The fraction of sp³-hybridized carbons (Fsp3) is 0.364. The number of hydrogen-bond acceptors (Lipinski definition) is 4. The fourth-order valence-electron chi connectivity index (χ4n) is 1.80. The van der Waals surface area contributed by atoms with Crippen molar-refractivity contribution in [3.8, 4) is 0 Å². The minimum Gasteiger partial charge on any atom is -0.396 e. The molecule has 0 unspecified atom stereocenters. The number of nitrogens with one attached hydrogen (secondary N) is 1. The molecule has 1 saturated carbocycles. The van der Waals surface area contributed by atoms with E-state index in [4.69, 9.17) is 5.73 Å². The van der Waals surface area contributed by atoms with Gasteiger partial charge in [0.25, 0.3) is 11.6 Å². The van der Waals surface area contributed by atoms with Crippen molar-refractivity contribution in [2.24, 2.45) is 0 Å². The van der Waals surface area contributed by atoms with Gasteiger partial charge < -0.3 is 11.1 Å². The van der Waals surface area contributed by atoms with Crippen molar-refractivity contribution in [3.63, 3.8) is 0 Å². The van der Waals surface area contributed by atoms with Crippen molar-refractivity contribution in [2.45, 2.75) is 24.6 Å². The van der Waals surface area contributed by atoms with Crippen LogP contribution in [0.25, 0.3) is 0 Å². The maximum absolute atomic E-state index is 13.2. The van der Waals surface area contributed by atoms with Crippen molar-refractivity contribution >= 4 is 17.3 Å². The molecule has 0 atom stereocenters. The lowest BCUT2D eigenvalue weighted by molar-refractivity contribution is -0.385. The normalized spacial score (nSPS) is 16.4. The molecule has 1 aromatic rings. The molecule has 6 nitrogen and oxygen atoms in total. The van der Waals surface area contributed by atoms with Crippen LogP contribution in [0.15, 0.2) is 12.1 Å². The molecule has 1 aliphatic carbocycles. The Bertz CT molecular complexity index is 626. The molecular weight excluding hydrogens is 298 g/mol. The lowest BCUT2D eigenvalue weighted by Crippen LogP contribution is -2.48. The Hall–Kier alpha value is -2.39. The number of benzene rings is 1. The standard InChI is InChI=1S/C11H9F4N3O3/c12-6-4-8(18(20)21)5(3-7(6)16)9(19)17-10(1-2-10)11(13,14)15/h3-4H,1-2,16H2,(H,17,19). The zero-order valence-corrected chi connectivity index (χ0v) is 10.3. The second-order valence-electron chi connectivity index (χ2n) is 4.68. The lowest BCUT2D eigenvalue weighted by atomic mass is 10.1. The van der Waals surface area contributed by atoms with Gasteiger partial charge in [-0.25, -0.2) is 4.39 Å². The van der Waals surface area contributed by atoms with Gasteiger partial charge in [-0.3, -0.25) is 14.9 Å². The summed E-state index contributed by atoms with van der Waals surface area (Å²) in [5.41, 5.74) is 0.591. The Labute approximate surface area is 115 Å². The molecule has 10 heteroatoms. The van der Waals surface area contributed by atoms with Gasteiger partial charge in [0.2, 0.25) is 0 Å². The monoisotopic (exact) mass is 307 g/mol. The summed E-state index contributed by atoms with van der Waals surface area (Å²) < 4.78 is 51.4. The van der Waals surface area contributed by atoms with E-state index in [1.54, 1.807) is 5.32 Å². The smallest absolute Gasteiger partial charge is 0.396 e. The summed E-state index contributed by atoms with van der Waals surface area (Å²) in [5.74, 6) is -2.45. The number of nitrogens with two attached hydrogens (primary N) is 1. The van der Waals surface area contributed by atoms with Crippen LogP contribution in [-0.2, 0) is 0 Å². The number of carbonyl (C=O) groups excluding carboxylic acids is 1. The Kier molecular flexibility index (Phi) is 3.27. The molecule has 3 N–H and O–H groups in total. The molecule has 0 spiro atoms. The third-order valence-electron chi connectivity index (χ3n) is 3.20. The third-order valence-corrected chi connectivity index (χ3v) is 3.20. The Morgan fingerprint density at radius 3 is 2.38 bits per heavy atom. The highest BCUT2D eigenvalue weighted by Gasteiger charge is 2.64. The topological polar surface area (TPSA) is 98.3 Å². The van der Waals surface area contributed by atoms with Crippen LogP contribution in [0, 0.1) is 15.9 Å². The Morgan fingerprint density at radius 2 is 1.95 bits per heavy atom. The number of nitro benzene ring substituents is 1. The van der Waals surface area contributed by atoms with Crippen molar-refractivity contribution in [2.75, 3.05) is 5.73 Å². The van der Waals surface area contributed by atoms with Crippen LogP contribution in [0.5, 0.6) is 0 Å². The molecule has 21 heavy (non-hydrogen) atoms. The number of halogens is 4. The van der Waals surface area contributed by atoms with Crippen LogP contribution in [0.4, 0.5) is 28.9 Å². The zero-order chi connectivity index (χ0) is 16.0. The van der Waals surface area contributed by atoms with Crippen LogP contribution in [0.1, 0.15) is 23.2 Å². The second-order valence-corrected chi connectivity index (χ2v) is 4.68. The summed E-state index contributed by atoms with van der Waals surface area (Å²) in [6, 6.07) is 1.05. The van der Waals surface area contributed by atoms with Crippen molar-refractivity contribution in [3.05, 3.63) is 33.6 Å². The number of nitrogens with zero attached hydrogens (tertiary/aromatic N) is 1. The van der Waals surface area contributed by atoms with Gasteiger partial charge in [0.15, 0.2) is 5.82 Å². The average Bonchev–Trinajstić information content (AvgIpc) is 3.12. The van der Waals surface area contributed by atoms with Crippen molar-refractivity contribution in [1.29, 1.82) is 0 Å². The third kappa shape index (κ3) is 2.60. The predicted molar refractivity (Wildman–Crippen MR) is 63.0 cm³/mol. The highest BCUT2D eigenvalue weighted by Crippen LogP contribution is 2.49. The van der Waals surface area contributed by atoms with E-state index in [0.717, 1.165) is 0 Å². The van der Waals surface area contributed by atoms with Gasteiger partial charge in [0, 0.05) is 0 Å². The molecule has 2 rings (SSSR count). The molecular formula is C11H9F4N3O3. The lowest BCUT2D eigenvalue weighted by Gasteiger charge is -2.20. The first kappa shape index (κ1) is 15.0. The van der Waals surface area contributed by atoms with Gasteiger partial charge in [0.05, 0.1) is 16.7 Å². The van der Waals surface area contributed by atoms with Crippen LogP contribution >= 0.6 is 0 Å². The van der Waals surface area contributed by atoms with Gasteiger partial charge >= 0.3 is 6.18 Å². The molecule has 0 aromatic heterocycles. The number of anilines is 1. The number of amides is 1. The number of carbonyl (C=O) groups is 1. The molecule has 114 valence electrons. The van der Waals surface area contributed by atoms with Crippen LogP contribution in [-0.4, -0.2) is 22.5 Å². The van der Waals surface area contributed by atoms with Gasteiger partial charge in [-0.15, -0.1) is 0 Å². The molecule has 0 aliphatic heterocycles. The van der Waals surface area contributed by atoms with E-state index in [-0.39, 0.29) is 12.8 Å². The van der Waals surface area contributed by atoms with Gasteiger partial charge in [0.1, 0.15) is 11.1 Å². The first-order valence-corrected chi connectivity index (χ1v) is 5.70. The average molecular weight is 307 g/mol. The minimum atomic E-state index is -4.66. The number of nitro groups is 1. The van der Waals surface area contributed by atoms with E-state index < -0.39 is 45.3 Å². The molecule has 0 heterocycles. The highest BCUT2D eigenvalue weighted by molar-refractivity contribution is 5.99. The summed E-state index contributed by atoms with van der Waals surface area (Å²) in [4.78, 5) is 21.5. The molecule has 0 bridgehead atoms. The number of nitrogen functional groups attached to an aromatic ring is 1. The quantitative estimate of drug-likeness (QED) is 0.387. The van der Waals surface area contributed by atoms with Crippen LogP contribution in [0.2, 0.25) is 0 Å². The van der Waals surface area contributed by atoms with E-state index in [2.05, 4.69) is 0 Å². The highest BCUT2D eigenvalue weighted by atomic mass is 19.4. The van der Waals surface area contributed by atoms with Crippen LogP contribution in [0.3, 0.4) is 0 Å². The predicted octanol–water partition coefficient (Wildman–Crippen LogP) is 2.14. The molecule has 0 radical (unpaired) electrons. The molecule has 1 aromatic carbocycles. The van der Waals surface area contributed by atoms with E-state index in [9.17, 15) is 32.5 Å². The van der Waals surface area contributed by atoms with Gasteiger partial charge in [-0.05, 0) is 18.9 Å². The number of rotatable bonds is 3. The summed E-state index contributed by atoms with van der Waals surface area (Å²) in [5, 5.41) is 12.5. The van der Waals surface area contributed by atoms with Crippen molar-refractivity contribution in [1.82, 2.24) is 5.32 Å². The maximum atomic E-state index is 13.2. The Balaban J connectivity index is 2.36. The van der Waals surface area contributed by atoms with Crippen LogP contribution < -0.4 is 11.1 Å². The largest absolute Gasteiger partial charge is 0.411 e. The second kappa shape index (κ2) is 4.57. The molecule has 1 fully saturated rings. The SMILES string of the molecule is Nc1cc(C(=O)NC2(C(F)(F)F)CC2)c([N+](=O)[O-])cc1F. The minimum absolute atomic E-state index is 0.313. The zero-order valence-electron chi connectivity index (χ0n) is 10.3. The van der Waals surface area contributed by atoms with Gasteiger partial charge in [-0.2, -0.15) is 13.2 Å². The number of hydrogen-bond donors (Lipinski definition) is 2. The van der Waals surface area contributed by atoms with Crippen molar-refractivity contribution < 1.29 is 27.3 Å². The van der Waals surface area contributed by atoms with E-state index >= 15 is 0 Å². The number of alkyl halides is 3. The summed E-state index contributed by atoms with van der Waals surface area (Å²) >= 11 is 0. The first-order chi connectivity index (χ1) is 9.57. The fourth-order valence-corrected chi connectivity index (χ4v) is 1.80. The molecule has 0 saturated heterocycles. The van der Waals surface area contributed by atoms with E-state index in [1.165, 1.54) is 0 Å².